The van der Waals surface area contributed by atoms with Crippen molar-refractivity contribution in [1.82, 2.24) is 5.32 Å². The molecule has 1 aromatic rings. The van der Waals surface area contributed by atoms with E-state index in [0.29, 0.717) is 17.7 Å². The Morgan fingerprint density at radius 2 is 2.10 bits per heavy atom. The number of carbonyl (C=O) groups is 1. The molecule has 0 amide bonds. The van der Waals surface area contributed by atoms with E-state index in [9.17, 15) is 14.3 Å². The molecule has 1 aromatic carbocycles. The molecule has 0 radical (unpaired) electrons. The van der Waals surface area contributed by atoms with E-state index in [0.717, 1.165) is 19.3 Å². The van der Waals surface area contributed by atoms with Crippen molar-refractivity contribution in [2.24, 2.45) is 0 Å². The monoisotopic (exact) mass is 297 g/mol. The first kappa shape index (κ1) is 17.6. The number of benzene rings is 1. The highest BCUT2D eigenvalue weighted by Crippen LogP contribution is 2.21. The van der Waals surface area contributed by atoms with Crippen molar-refractivity contribution >= 4 is 5.97 Å². The molecule has 118 valence electrons. The molecular weight excluding hydrogens is 273 g/mol. The molecule has 0 aliphatic heterocycles. The maximum atomic E-state index is 13.3. The summed E-state index contributed by atoms with van der Waals surface area (Å²) in [7, 11) is 0. The van der Waals surface area contributed by atoms with E-state index in [4.69, 9.17) is 5.11 Å². The largest absolute Gasteiger partial charge is 0.481 e. The summed E-state index contributed by atoms with van der Waals surface area (Å²) in [4.78, 5) is 10.9. The third-order valence-corrected chi connectivity index (χ3v) is 3.49. The number of nitrogens with one attached hydrogen (secondary N) is 1. The van der Waals surface area contributed by atoms with Crippen LogP contribution >= 0.6 is 0 Å². The first-order valence-electron chi connectivity index (χ1n) is 7.35. The van der Waals surface area contributed by atoms with Gasteiger partial charge < -0.3 is 15.5 Å². The molecule has 5 heteroatoms. The highest BCUT2D eigenvalue weighted by atomic mass is 19.1. The van der Waals surface area contributed by atoms with Crippen molar-refractivity contribution in [3.63, 3.8) is 0 Å². The average Bonchev–Trinajstić information content (AvgIpc) is 2.44. The van der Waals surface area contributed by atoms with Gasteiger partial charge in [0.15, 0.2) is 0 Å². The minimum absolute atomic E-state index is 0.177. The standard InChI is InChI=1S/C16H24FNO3/c1-3-4-5-8-18-14(10-15(19)20)16(21)12-6-7-13(17)11(2)9-12/h6-7,9,14,16,18,21H,3-5,8,10H2,1-2H3,(H,19,20). The van der Waals surface area contributed by atoms with Crippen LogP contribution in [0.1, 0.15) is 49.8 Å². The number of carboxylic acid groups (broad SMARTS) is 1. The molecule has 0 fully saturated rings. The van der Waals surface area contributed by atoms with Crippen molar-refractivity contribution in [3.05, 3.63) is 35.1 Å². The van der Waals surface area contributed by atoms with Crippen LogP contribution in [-0.2, 0) is 4.79 Å². The number of unbranched alkanes of at least 4 members (excludes halogenated alkanes) is 2. The van der Waals surface area contributed by atoms with E-state index < -0.39 is 18.1 Å². The second-order valence-electron chi connectivity index (χ2n) is 5.32. The lowest BCUT2D eigenvalue weighted by Crippen LogP contribution is -2.37. The van der Waals surface area contributed by atoms with Gasteiger partial charge in [0, 0.05) is 6.04 Å². The summed E-state index contributed by atoms with van der Waals surface area (Å²) in [6, 6.07) is 3.77. The zero-order valence-corrected chi connectivity index (χ0v) is 12.6. The number of rotatable bonds is 9. The topological polar surface area (TPSA) is 69.6 Å². The number of aryl methyl sites for hydroxylation is 1. The molecule has 0 heterocycles. The summed E-state index contributed by atoms with van der Waals surface area (Å²) in [5.74, 6) is -1.31. The maximum Gasteiger partial charge on any atom is 0.305 e. The lowest BCUT2D eigenvalue weighted by molar-refractivity contribution is -0.138. The Kier molecular flexibility index (Phi) is 7.32. The van der Waals surface area contributed by atoms with Gasteiger partial charge in [0.2, 0.25) is 0 Å². The van der Waals surface area contributed by atoms with Gasteiger partial charge in [0.25, 0.3) is 0 Å². The van der Waals surface area contributed by atoms with Gasteiger partial charge in [-0.15, -0.1) is 0 Å². The molecule has 0 saturated carbocycles. The van der Waals surface area contributed by atoms with Crippen molar-refractivity contribution < 1.29 is 19.4 Å². The van der Waals surface area contributed by atoms with Crippen molar-refractivity contribution in [3.8, 4) is 0 Å². The fourth-order valence-corrected chi connectivity index (χ4v) is 2.23. The smallest absolute Gasteiger partial charge is 0.305 e. The van der Waals surface area contributed by atoms with Gasteiger partial charge in [-0.25, -0.2) is 4.39 Å². The molecule has 0 spiro atoms. The number of aliphatic hydroxyl groups is 1. The molecule has 21 heavy (non-hydrogen) atoms. The fourth-order valence-electron chi connectivity index (χ4n) is 2.23. The van der Waals surface area contributed by atoms with Crippen LogP contribution in [0.4, 0.5) is 4.39 Å². The average molecular weight is 297 g/mol. The number of aliphatic carboxylic acids is 1. The first-order chi connectivity index (χ1) is 9.95. The Morgan fingerprint density at radius 1 is 1.38 bits per heavy atom. The zero-order chi connectivity index (χ0) is 15.8. The minimum atomic E-state index is -0.971. The van der Waals surface area contributed by atoms with Crippen LogP contribution in [0, 0.1) is 12.7 Å². The Bertz CT molecular complexity index is 465. The predicted molar refractivity (Wildman–Crippen MR) is 79.7 cm³/mol. The molecule has 0 bridgehead atoms. The number of halogens is 1. The zero-order valence-electron chi connectivity index (χ0n) is 12.6. The second-order valence-corrected chi connectivity index (χ2v) is 5.32. The molecule has 0 aliphatic carbocycles. The fraction of sp³-hybridized carbons (Fsp3) is 0.562. The van der Waals surface area contributed by atoms with Gasteiger partial charge in [0.1, 0.15) is 5.82 Å². The van der Waals surface area contributed by atoms with Gasteiger partial charge in [-0.2, -0.15) is 0 Å². The molecule has 2 unspecified atom stereocenters. The third kappa shape index (κ3) is 5.81. The van der Waals surface area contributed by atoms with Gasteiger partial charge in [0.05, 0.1) is 12.5 Å². The number of hydrogen-bond donors (Lipinski definition) is 3. The predicted octanol–water partition coefficient (Wildman–Crippen LogP) is 2.79. The van der Waals surface area contributed by atoms with E-state index in [2.05, 4.69) is 12.2 Å². The van der Waals surface area contributed by atoms with Crippen LogP contribution in [0.15, 0.2) is 18.2 Å². The number of hydrogen-bond acceptors (Lipinski definition) is 3. The van der Waals surface area contributed by atoms with Crippen molar-refractivity contribution in [2.75, 3.05) is 6.54 Å². The van der Waals surface area contributed by atoms with E-state index in [-0.39, 0.29) is 12.2 Å². The summed E-state index contributed by atoms with van der Waals surface area (Å²) in [6.07, 6.45) is 1.91. The van der Waals surface area contributed by atoms with Crippen LogP contribution < -0.4 is 5.32 Å². The van der Waals surface area contributed by atoms with E-state index >= 15 is 0 Å². The maximum absolute atomic E-state index is 13.3. The van der Waals surface area contributed by atoms with Gasteiger partial charge in [-0.1, -0.05) is 31.9 Å². The van der Waals surface area contributed by atoms with Gasteiger partial charge >= 0.3 is 5.97 Å². The SMILES string of the molecule is CCCCCNC(CC(=O)O)C(O)c1ccc(F)c(C)c1. The number of carboxylic acids is 1. The number of aliphatic hydroxyl groups excluding tert-OH is 1. The van der Waals surface area contributed by atoms with Crippen LogP contribution in [0.2, 0.25) is 0 Å². The van der Waals surface area contributed by atoms with Crippen LogP contribution in [0.25, 0.3) is 0 Å². The van der Waals surface area contributed by atoms with Crippen LogP contribution in [0.5, 0.6) is 0 Å². The summed E-state index contributed by atoms with van der Waals surface area (Å²) >= 11 is 0. The molecular formula is C16H24FNO3. The van der Waals surface area contributed by atoms with Crippen molar-refractivity contribution in [1.29, 1.82) is 0 Å². The highest BCUT2D eigenvalue weighted by molar-refractivity contribution is 5.67. The second kappa shape index (κ2) is 8.74. The Hall–Kier alpha value is -1.46. The van der Waals surface area contributed by atoms with Crippen LogP contribution in [0.3, 0.4) is 0 Å². The van der Waals surface area contributed by atoms with E-state index in [1.807, 2.05) is 0 Å². The third-order valence-electron chi connectivity index (χ3n) is 3.49. The molecule has 3 N–H and O–H groups in total. The molecule has 0 saturated heterocycles. The summed E-state index contributed by atoms with van der Waals surface area (Å²) in [5, 5.41) is 22.4. The molecule has 1 rings (SSSR count). The highest BCUT2D eigenvalue weighted by Gasteiger charge is 2.23. The van der Waals surface area contributed by atoms with Gasteiger partial charge in [-0.05, 0) is 37.1 Å². The van der Waals surface area contributed by atoms with Gasteiger partial charge in [-0.3, -0.25) is 4.79 Å². The summed E-state index contributed by atoms with van der Waals surface area (Å²) in [6.45, 7) is 4.36. The molecule has 0 aliphatic rings. The summed E-state index contributed by atoms with van der Waals surface area (Å²) in [5.41, 5.74) is 0.967. The lowest BCUT2D eigenvalue weighted by atomic mass is 9.98. The molecule has 0 aromatic heterocycles. The normalized spacial score (nSPS) is 13.9. The molecule has 4 nitrogen and oxygen atoms in total. The first-order valence-corrected chi connectivity index (χ1v) is 7.35. The quantitative estimate of drug-likeness (QED) is 0.613. The molecule has 2 atom stereocenters. The van der Waals surface area contributed by atoms with E-state index in [1.54, 1.807) is 13.0 Å². The minimum Gasteiger partial charge on any atom is -0.481 e. The summed E-state index contributed by atoms with van der Waals surface area (Å²) < 4.78 is 13.3. The Morgan fingerprint density at radius 3 is 2.67 bits per heavy atom. The van der Waals surface area contributed by atoms with Crippen molar-refractivity contribution in [2.45, 2.75) is 51.7 Å². The Balaban J connectivity index is 2.75. The lowest BCUT2D eigenvalue weighted by Gasteiger charge is -2.23. The van der Waals surface area contributed by atoms with E-state index in [1.165, 1.54) is 12.1 Å². The van der Waals surface area contributed by atoms with Crippen LogP contribution in [-0.4, -0.2) is 28.8 Å². The Labute approximate surface area is 125 Å².